The van der Waals surface area contributed by atoms with Crippen LogP contribution in [0, 0.1) is 0 Å². The van der Waals surface area contributed by atoms with Gasteiger partial charge in [-0.05, 0) is 11.4 Å². The molecule has 7 nitrogen and oxygen atoms in total. The molecule has 4 heterocycles. The van der Waals surface area contributed by atoms with E-state index in [9.17, 15) is 4.79 Å². The van der Waals surface area contributed by atoms with Crippen LogP contribution in [0.15, 0.2) is 32.3 Å². The molecule has 1 N–H and O–H groups in total. The van der Waals surface area contributed by atoms with Gasteiger partial charge in [-0.25, -0.2) is 20.3 Å². The zero-order valence-corrected chi connectivity index (χ0v) is 12.6. The minimum Gasteiger partial charge on any atom is -0.256 e. The molecule has 21 heavy (non-hydrogen) atoms. The van der Waals surface area contributed by atoms with Gasteiger partial charge in [-0.15, -0.1) is 16.4 Å². The van der Waals surface area contributed by atoms with Crippen LogP contribution in [0.1, 0.15) is 5.01 Å². The van der Waals surface area contributed by atoms with E-state index in [1.165, 1.54) is 21.2 Å². The van der Waals surface area contributed by atoms with Crippen LogP contribution in [0.4, 0.5) is 4.79 Å². The van der Waals surface area contributed by atoms with E-state index in [4.69, 9.17) is 0 Å². The smallest absolute Gasteiger partial charge is 0.256 e. The number of carbonyl (C=O) groups is 1. The Morgan fingerprint density at radius 3 is 3.10 bits per heavy atom. The molecule has 0 radical (unpaired) electrons. The zero-order chi connectivity index (χ0) is 14.4. The summed E-state index contributed by atoms with van der Waals surface area (Å²) < 4.78 is 0. The largest absolute Gasteiger partial charge is 0.346 e. The molecule has 4 rings (SSSR count). The molecule has 0 fully saturated rings. The van der Waals surface area contributed by atoms with Crippen LogP contribution in [0.5, 0.6) is 0 Å². The van der Waals surface area contributed by atoms with Gasteiger partial charge in [0.1, 0.15) is 17.4 Å². The third-order valence-electron chi connectivity index (χ3n) is 3.19. The molecule has 2 aliphatic heterocycles. The van der Waals surface area contributed by atoms with Gasteiger partial charge < -0.3 is 0 Å². The number of fused-ring (bicyclic) bond motifs is 1. The molecule has 0 aromatic carbocycles. The highest BCUT2D eigenvalue weighted by molar-refractivity contribution is 7.13. The second-order valence-corrected chi connectivity index (χ2v) is 6.14. The average Bonchev–Trinajstić information content (AvgIpc) is 3.20. The van der Waals surface area contributed by atoms with E-state index < -0.39 is 0 Å². The summed E-state index contributed by atoms with van der Waals surface area (Å²) >= 11 is 3.14. The number of amides is 2. The lowest BCUT2D eigenvalue weighted by atomic mass is 10.3. The number of hydrazine groups is 1. The van der Waals surface area contributed by atoms with Gasteiger partial charge in [0, 0.05) is 23.4 Å². The first kappa shape index (κ1) is 12.5. The number of rotatable bonds is 2. The van der Waals surface area contributed by atoms with Crippen molar-refractivity contribution in [3.8, 4) is 11.3 Å². The van der Waals surface area contributed by atoms with Crippen LogP contribution in [0.25, 0.3) is 11.3 Å². The van der Waals surface area contributed by atoms with Gasteiger partial charge in [-0.3, -0.25) is 9.89 Å². The molecule has 106 valence electrons. The molecule has 0 saturated heterocycles. The molecule has 2 aromatic rings. The van der Waals surface area contributed by atoms with Gasteiger partial charge in [0.15, 0.2) is 5.84 Å². The Morgan fingerprint density at radius 2 is 2.29 bits per heavy atom. The van der Waals surface area contributed by atoms with Crippen molar-refractivity contribution in [2.75, 3.05) is 13.7 Å². The summed E-state index contributed by atoms with van der Waals surface area (Å²) in [5, 5.41) is 12.4. The molecule has 2 aliphatic rings. The van der Waals surface area contributed by atoms with Crippen LogP contribution in [0.2, 0.25) is 0 Å². The fraction of sp³-hybridized carbons (Fsp3) is 0.167. The Labute approximate surface area is 128 Å². The maximum absolute atomic E-state index is 12.0. The number of nitrogens with one attached hydrogen (secondary N) is 1. The summed E-state index contributed by atoms with van der Waals surface area (Å²) in [5.74, 6) is 0.532. The lowest BCUT2D eigenvalue weighted by Crippen LogP contribution is -2.53. The quantitative estimate of drug-likeness (QED) is 0.918. The van der Waals surface area contributed by atoms with Crippen molar-refractivity contribution in [1.82, 2.24) is 20.4 Å². The number of amidine groups is 1. The second kappa shape index (κ2) is 4.64. The molecule has 0 spiro atoms. The van der Waals surface area contributed by atoms with E-state index in [0.717, 1.165) is 16.3 Å². The van der Waals surface area contributed by atoms with Crippen molar-refractivity contribution in [3.63, 3.8) is 0 Å². The van der Waals surface area contributed by atoms with Crippen molar-refractivity contribution in [2.45, 2.75) is 0 Å². The molecule has 0 bridgehead atoms. The lowest BCUT2D eigenvalue weighted by Gasteiger charge is -2.28. The van der Waals surface area contributed by atoms with Crippen molar-refractivity contribution in [3.05, 3.63) is 27.2 Å². The van der Waals surface area contributed by atoms with Gasteiger partial charge >= 0.3 is 6.03 Å². The third-order valence-corrected chi connectivity index (χ3v) is 4.72. The first-order valence-corrected chi connectivity index (χ1v) is 7.98. The minimum atomic E-state index is -0.173. The minimum absolute atomic E-state index is 0.173. The van der Waals surface area contributed by atoms with E-state index >= 15 is 0 Å². The molecule has 0 aliphatic carbocycles. The molecule has 2 aromatic heterocycles. The van der Waals surface area contributed by atoms with Gasteiger partial charge in [-0.1, -0.05) is 0 Å². The number of aliphatic imine (C=N–C) groups is 1. The number of carbonyl (C=O) groups excluding carboxylic acids is 1. The maximum Gasteiger partial charge on any atom is 0.346 e. The number of hydrogen-bond donors (Lipinski definition) is 1. The Bertz CT molecular complexity index is 763. The van der Waals surface area contributed by atoms with Crippen LogP contribution >= 0.6 is 22.7 Å². The molecule has 2 amide bonds. The molecule has 0 atom stereocenters. The van der Waals surface area contributed by atoms with Crippen LogP contribution < -0.4 is 5.53 Å². The number of nitrogens with zero attached hydrogens (tertiary/aromatic N) is 5. The standard InChI is InChI=1S/C12H10N6OS2/c1-17-12(19)18-6-13-9(10(18)15-16-17)11-14-8(5-21-11)7-2-3-20-4-7/h2-5,16H,6H2,1H3. The van der Waals surface area contributed by atoms with E-state index in [1.807, 2.05) is 16.8 Å². The van der Waals surface area contributed by atoms with Gasteiger partial charge in [0.05, 0.1) is 5.69 Å². The number of thiazole rings is 1. The summed E-state index contributed by atoms with van der Waals surface area (Å²) in [6.45, 7) is 0.284. The zero-order valence-electron chi connectivity index (χ0n) is 11.0. The molecular formula is C12H10N6OS2. The van der Waals surface area contributed by atoms with Crippen molar-refractivity contribution in [1.29, 1.82) is 0 Å². The van der Waals surface area contributed by atoms with Crippen LogP contribution in [-0.2, 0) is 0 Å². The number of hydrogen-bond acceptors (Lipinski definition) is 7. The predicted molar refractivity (Wildman–Crippen MR) is 82.4 cm³/mol. The number of hydrazone groups is 1. The van der Waals surface area contributed by atoms with E-state index in [0.29, 0.717) is 11.5 Å². The Kier molecular flexibility index (Phi) is 2.76. The Morgan fingerprint density at radius 1 is 1.38 bits per heavy atom. The van der Waals surface area contributed by atoms with Gasteiger partial charge in [0.2, 0.25) is 0 Å². The normalized spacial score (nSPS) is 17.5. The summed E-state index contributed by atoms with van der Waals surface area (Å²) in [4.78, 5) is 22.5. The van der Waals surface area contributed by atoms with Gasteiger partial charge in [-0.2, -0.15) is 11.3 Å². The van der Waals surface area contributed by atoms with Crippen molar-refractivity contribution >= 4 is 40.3 Å². The molecular weight excluding hydrogens is 308 g/mol. The fourth-order valence-corrected chi connectivity index (χ4v) is 3.59. The Hall–Kier alpha value is -2.26. The second-order valence-electron chi connectivity index (χ2n) is 4.50. The maximum atomic E-state index is 12.0. The summed E-state index contributed by atoms with van der Waals surface area (Å²) in [6, 6.07) is 1.86. The lowest BCUT2D eigenvalue weighted by molar-refractivity contribution is 0.159. The number of thiophene rings is 1. The summed E-state index contributed by atoms with van der Waals surface area (Å²) in [6.07, 6.45) is 0. The SMILES string of the molecule is CN1NN=C2C(c3nc(-c4ccsc4)cs3)=NCN2C1=O. The highest BCUT2D eigenvalue weighted by Gasteiger charge is 2.36. The highest BCUT2D eigenvalue weighted by Crippen LogP contribution is 2.26. The van der Waals surface area contributed by atoms with Crippen molar-refractivity contribution in [2.24, 2.45) is 10.1 Å². The van der Waals surface area contributed by atoms with E-state index in [1.54, 1.807) is 18.4 Å². The average molecular weight is 318 g/mol. The summed E-state index contributed by atoms with van der Waals surface area (Å²) in [5.41, 5.74) is 5.34. The fourth-order valence-electron chi connectivity index (χ4n) is 2.11. The number of aromatic nitrogens is 1. The van der Waals surface area contributed by atoms with E-state index in [-0.39, 0.29) is 12.7 Å². The summed E-state index contributed by atoms with van der Waals surface area (Å²) in [7, 11) is 1.62. The van der Waals surface area contributed by atoms with E-state index in [2.05, 4.69) is 26.0 Å². The number of urea groups is 1. The van der Waals surface area contributed by atoms with Crippen LogP contribution in [-0.4, -0.2) is 46.2 Å². The van der Waals surface area contributed by atoms with Gasteiger partial charge in [0.25, 0.3) is 0 Å². The van der Waals surface area contributed by atoms with Crippen LogP contribution in [0.3, 0.4) is 0 Å². The monoisotopic (exact) mass is 318 g/mol. The highest BCUT2D eigenvalue weighted by atomic mass is 32.1. The topological polar surface area (TPSA) is 73.2 Å². The van der Waals surface area contributed by atoms with Crippen molar-refractivity contribution < 1.29 is 4.79 Å². The first-order valence-electron chi connectivity index (χ1n) is 6.16. The third kappa shape index (κ3) is 1.93. The molecule has 0 unspecified atom stereocenters. The Balaban J connectivity index is 1.68. The molecule has 9 heteroatoms. The molecule has 0 saturated carbocycles. The predicted octanol–water partition coefficient (Wildman–Crippen LogP) is 1.82. The first-order chi connectivity index (χ1) is 10.2.